The van der Waals surface area contributed by atoms with Crippen molar-refractivity contribution in [2.75, 3.05) is 13.6 Å². The Labute approximate surface area is 99.5 Å². The number of likely N-dealkylation sites (N-methyl/N-ethyl adjacent to an activating group) is 1. The van der Waals surface area contributed by atoms with Gasteiger partial charge >= 0.3 is 0 Å². The van der Waals surface area contributed by atoms with E-state index in [-0.39, 0.29) is 6.04 Å². The first-order valence-electron chi connectivity index (χ1n) is 5.91. The van der Waals surface area contributed by atoms with E-state index in [9.17, 15) is 0 Å². The lowest BCUT2D eigenvalue weighted by Gasteiger charge is -2.20. The maximum Gasteiger partial charge on any atom is 0.0234 e. The van der Waals surface area contributed by atoms with Gasteiger partial charge in [-0.3, -0.25) is 0 Å². The molecule has 16 heavy (non-hydrogen) atoms. The van der Waals surface area contributed by atoms with E-state index in [0.29, 0.717) is 0 Å². The summed E-state index contributed by atoms with van der Waals surface area (Å²) < 4.78 is 0. The number of hydrogen-bond acceptors (Lipinski definition) is 2. The monoisotopic (exact) mass is 220 g/mol. The normalized spacial score (nSPS) is 13.2. The van der Waals surface area contributed by atoms with Crippen LogP contribution in [0.1, 0.15) is 29.2 Å². The second-order valence-corrected chi connectivity index (χ2v) is 5.04. The van der Waals surface area contributed by atoms with E-state index in [1.54, 1.807) is 0 Å². The zero-order chi connectivity index (χ0) is 12.3. The van der Waals surface area contributed by atoms with Crippen molar-refractivity contribution in [2.45, 2.75) is 40.3 Å². The lowest BCUT2D eigenvalue weighted by atomic mass is 10.0. The molecular weight excluding hydrogens is 196 g/mol. The van der Waals surface area contributed by atoms with Crippen molar-refractivity contribution in [3.8, 4) is 0 Å². The van der Waals surface area contributed by atoms with Gasteiger partial charge in [-0.1, -0.05) is 12.1 Å². The van der Waals surface area contributed by atoms with Crippen molar-refractivity contribution in [2.24, 2.45) is 5.73 Å². The van der Waals surface area contributed by atoms with Crippen LogP contribution in [0.3, 0.4) is 0 Å². The standard InChI is InChI=1S/C14H24N2/c1-10-6-12(3)14(7-11(10)2)9-16(5)8-13(4)15/h6-7,13H,8-9,15H2,1-5H3. The van der Waals surface area contributed by atoms with Gasteiger partial charge in [-0.15, -0.1) is 0 Å². The molecular formula is C14H24N2. The van der Waals surface area contributed by atoms with Crippen molar-refractivity contribution < 1.29 is 0 Å². The van der Waals surface area contributed by atoms with Crippen molar-refractivity contribution >= 4 is 0 Å². The fraction of sp³-hybridized carbons (Fsp3) is 0.571. The highest BCUT2D eigenvalue weighted by molar-refractivity contribution is 5.36. The summed E-state index contributed by atoms with van der Waals surface area (Å²) in [5, 5.41) is 0. The minimum Gasteiger partial charge on any atom is -0.327 e. The van der Waals surface area contributed by atoms with Gasteiger partial charge in [-0.25, -0.2) is 0 Å². The Kier molecular flexibility index (Phi) is 4.51. The molecule has 0 aromatic heterocycles. The number of nitrogens with zero attached hydrogens (tertiary/aromatic N) is 1. The first-order chi connectivity index (χ1) is 7.40. The third kappa shape index (κ3) is 3.62. The van der Waals surface area contributed by atoms with Crippen LogP contribution >= 0.6 is 0 Å². The SMILES string of the molecule is Cc1cc(C)c(CN(C)CC(C)N)cc1C. The summed E-state index contributed by atoms with van der Waals surface area (Å²) in [6, 6.07) is 4.80. The van der Waals surface area contributed by atoms with E-state index in [1.165, 1.54) is 22.3 Å². The van der Waals surface area contributed by atoms with Gasteiger partial charge in [0.1, 0.15) is 0 Å². The molecule has 1 atom stereocenters. The Balaban J connectivity index is 2.77. The van der Waals surface area contributed by atoms with E-state index >= 15 is 0 Å². The van der Waals surface area contributed by atoms with Gasteiger partial charge in [0.05, 0.1) is 0 Å². The molecule has 1 aromatic rings. The van der Waals surface area contributed by atoms with Crippen molar-refractivity contribution in [1.82, 2.24) is 4.90 Å². The van der Waals surface area contributed by atoms with Crippen LogP contribution in [0, 0.1) is 20.8 Å². The van der Waals surface area contributed by atoms with Gasteiger partial charge in [0.25, 0.3) is 0 Å². The summed E-state index contributed by atoms with van der Waals surface area (Å²) in [5.74, 6) is 0. The molecule has 1 rings (SSSR count). The van der Waals surface area contributed by atoms with Crippen LogP contribution in [0.5, 0.6) is 0 Å². The maximum atomic E-state index is 5.80. The molecule has 0 aliphatic carbocycles. The second-order valence-electron chi connectivity index (χ2n) is 5.04. The topological polar surface area (TPSA) is 29.3 Å². The maximum absolute atomic E-state index is 5.80. The Hall–Kier alpha value is -0.860. The average Bonchev–Trinajstić information content (AvgIpc) is 2.12. The van der Waals surface area contributed by atoms with E-state index in [0.717, 1.165) is 13.1 Å². The first-order valence-corrected chi connectivity index (χ1v) is 5.91. The third-order valence-electron chi connectivity index (χ3n) is 2.99. The largest absolute Gasteiger partial charge is 0.327 e. The van der Waals surface area contributed by atoms with Crippen LogP contribution in [-0.4, -0.2) is 24.5 Å². The Morgan fingerprint density at radius 1 is 1.12 bits per heavy atom. The highest BCUT2D eigenvalue weighted by Gasteiger charge is 2.06. The minimum absolute atomic E-state index is 0.233. The highest BCUT2D eigenvalue weighted by atomic mass is 15.1. The molecule has 0 radical (unpaired) electrons. The molecule has 90 valence electrons. The Bertz CT molecular complexity index is 356. The van der Waals surface area contributed by atoms with Gasteiger partial charge in [0.2, 0.25) is 0 Å². The van der Waals surface area contributed by atoms with Crippen LogP contribution in [-0.2, 0) is 6.54 Å². The highest BCUT2D eigenvalue weighted by Crippen LogP contribution is 2.16. The molecule has 0 amide bonds. The Morgan fingerprint density at radius 3 is 2.25 bits per heavy atom. The number of nitrogens with two attached hydrogens (primary N) is 1. The summed E-state index contributed by atoms with van der Waals surface area (Å²) in [6.07, 6.45) is 0. The third-order valence-corrected chi connectivity index (χ3v) is 2.99. The smallest absolute Gasteiger partial charge is 0.0234 e. The summed E-state index contributed by atoms with van der Waals surface area (Å²) in [5.41, 5.74) is 11.3. The van der Waals surface area contributed by atoms with E-state index in [4.69, 9.17) is 5.73 Å². The van der Waals surface area contributed by atoms with Gasteiger partial charge in [0, 0.05) is 19.1 Å². The van der Waals surface area contributed by atoms with Crippen molar-refractivity contribution in [3.05, 3.63) is 34.4 Å². The molecule has 2 N–H and O–H groups in total. The van der Waals surface area contributed by atoms with Crippen LogP contribution in [0.4, 0.5) is 0 Å². The molecule has 0 aliphatic rings. The summed E-state index contributed by atoms with van der Waals surface area (Å²) >= 11 is 0. The minimum atomic E-state index is 0.233. The number of rotatable bonds is 4. The molecule has 0 saturated carbocycles. The Morgan fingerprint density at radius 2 is 1.69 bits per heavy atom. The molecule has 0 fully saturated rings. The van der Waals surface area contributed by atoms with Crippen LogP contribution in [0.25, 0.3) is 0 Å². The molecule has 2 heteroatoms. The fourth-order valence-electron chi connectivity index (χ4n) is 2.04. The molecule has 0 heterocycles. The van der Waals surface area contributed by atoms with Gasteiger partial charge < -0.3 is 10.6 Å². The predicted molar refractivity (Wildman–Crippen MR) is 70.6 cm³/mol. The number of hydrogen-bond donors (Lipinski definition) is 1. The quantitative estimate of drug-likeness (QED) is 0.844. The molecule has 2 nitrogen and oxygen atoms in total. The average molecular weight is 220 g/mol. The molecule has 1 aromatic carbocycles. The van der Waals surface area contributed by atoms with Crippen molar-refractivity contribution in [1.29, 1.82) is 0 Å². The molecule has 0 bridgehead atoms. The fourth-order valence-corrected chi connectivity index (χ4v) is 2.04. The molecule has 0 aliphatic heterocycles. The summed E-state index contributed by atoms with van der Waals surface area (Å²) in [7, 11) is 2.12. The predicted octanol–water partition coefficient (Wildman–Crippen LogP) is 2.39. The zero-order valence-electron chi connectivity index (χ0n) is 11.2. The van der Waals surface area contributed by atoms with Gasteiger partial charge in [0.15, 0.2) is 0 Å². The van der Waals surface area contributed by atoms with E-state index in [2.05, 4.69) is 44.9 Å². The molecule has 0 saturated heterocycles. The molecule has 1 unspecified atom stereocenters. The van der Waals surface area contributed by atoms with E-state index in [1.807, 2.05) is 6.92 Å². The first kappa shape index (κ1) is 13.2. The number of benzene rings is 1. The lowest BCUT2D eigenvalue weighted by Crippen LogP contribution is -2.32. The summed E-state index contributed by atoms with van der Waals surface area (Å²) in [4.78, 5) is 2.28. The molecule has 0 spiro atoms. The summed E-state index contributed by atoms with van der Waals surface area (Å²) in [6.45, 7) is 10.5. The van der Waals surface area contributed by atoms with E-state index < -0.39 is 0 Å². The van der Waals surface area contributed by atoms with Gasteiger partial charge in [-0.2, -0.15) is 0 Å². The second kappa shape index (κ2) is 5.46. The van der Waals surface area contributed by atoms with Crippen LogP contribution < -0.4 is 5.73 Å². The number of aryl methyl sites for hydroxylation is 3. The lowest BCUT2D eigenvalue weighted by molar-refractivity contribution is 0.309. The zero-order valence-corrected chi connectivity index (χ0v) is 11.2. The van der Waals surface area contributed by atoms with Crippen LogP contribution in [0.15, 0.2) is 12.1 Å². The van der Waals surface area contributed by atoms with Gasteiger partial charge in [-0.05, 0) is 57.0 Å². The van der Waals surface area contributed by atoms with Crippen molar-refractivity contribution in [3.63, 3.8) is 0 Å². The van der Waals surface area contributed by atoms with Crippen LogP contribution in [0.2, 0.25) is 0 Å².